The monoisotopic (exact) mass is 289 g/mol. The van der Waals surface area contributed by atoms with Gasteiger partial charge in [0.15, 0.2) is 0 Å². The standard InChI is InChI=1S/C10H19N5O3S/c1-6(5-9(11)14-16)15(4)19(17,18)10-7(2)12-13-8(10)3/h6,16H,5H2,1-4H3,(H2,11,14)(H,12,13). The number of amidine groups is 1. The fourth-order valence-corrected chi connectivity index (χ4v) is 3.46. The van der Waals surface area contributed by atoms with Crippen molar-refractivity contribution in [1.82, 2.24) is 14.5 Å². The van der Waals surface area contributed by atoms with Crippen LogP contribution in [0.5, 0.6) is 0 Å². The quantitative estimate of drug-likeness (QED) is 0.308. The lowest BCUT2D eigenvalue weighted by molar-refractivity contribution is 0.313. The molecule has 0 bridgehead atoms. The highest BCUT2D eigenvalue weighted by Gasteiger charge is 2.30. The summed E-state index contributed by atoms with van der Waals surface area (Å²) in [5.41, 5.74) is 6.30. The Morgan fingerprint density at radius 1 is 1.58 bits per heavy atom. The Morgan fingerprint density at radius 3 is 2.58 bits per heavy atom. The lowest BCUT2D eigenvalue weighted by Gasteiger charge is -2.23. The van der Waals surface area contributed by atoms with E-state index in [0.29, 0.717) is 11.4 Å². The molecule has 0 fully saturated rings. The fraction of sp³-hybridized carbons (Fsp3) is 0.600. The molecule has 0 amide bonds. The largest absolute Gasteiger partial charge is 0.409 e. The zero-order chi connectivity index (χ0) is 14.8. The summed E-state index contributed by atoms with van der Waals surface area (Å²) in [6.45, 7) is 4.95. The SMILES string of the molecule is Cc1n[nH]c(C)c1S(=O)(=O)N(C)C(C)CC(N)=NO. The second kappa shape index (κ2) is 5.57. The molecule has 0 aliphatic rings. The summed E-state index contributed by atoms with van der Waals surface area (Å²) in [6, 6.07) is -0.436. The molecule has 9 heteroatoms. The molecular formula is C10H19N5O3S. The van der Waals surface area contributed by atoms with Crippen LogP contribution in [-0.4, -0.2) is 47.1 Å². The van der Waals surface area contributed by atoms with Gasteiger partial charge in [-0.1, -0.05) is 5.16 Å². The number of hydrogen-bond donors (Lipinski definition) is 3. The molecule has 0 aliphatic heterocycles. The number of aromatic nitrogens is 2. The summed E-state index contributed by atoms with van der Waals surface area (Å²) < 4.78 is 26.1. The minimum absolute atomic E-state index is 0.0183. The maximum Gasteiger partial charge on any atom is 0.246 e. The van der Waals surface area contributed by atoms with Crippen LogP contribution in [0.1, 0.15) is 24.7 Å². The van der Waals surface area contributed by atoms with Gasteiger partial charge in [-0.25, -0.2) is 8.42 Å². The van der Waals surface area contributed by atoms with Crippen molar-refractivity contribution in [1.29, 1.82) is 0 Å². The van der Waals surface area contributed by atoms with Gasteiger partial charge in [0, 0.05) is 19.5 Å². The fourth-order valence-electron chi connectivity index (χ4n) is 1.77. The van der Waals surface area contributed by atoms with Crippen molar-refractivity contribution in [3.05, 3.63) is 11.4 Å². The van der Waals surface area contributed by atoms with Gasteiger partial charge >= 0.3 is 0 Å². The molecular weight excluding hydrogens is 270 g/mol. The zero-order valence-electron chi connectivity index (χ0n) is 11.4. The Labute approximate surface area is 112 Å². The lowest BCUT2D eigenvalue weighted by atomic mass is 10.2. The summed E-state index contributed by atoms with van der Waals surface area (Å²) in [4.78, 5) is 0.168. The molecule has 0 saturated heterocycles. The van der Waals surface area contributed by atoms with Crippen molar-refractivity contribution in [3.63, 3.8) is 0 Å². The Balaban J connectivity index is 3.08. The first-order chi connectivity index (χ1) is 8.71. The van der Waals surface area contributed by atoms with Gasteiger partial charge in [0.2, 0.25) is 10.0 Å². The number of rotatable bonds is 5. The summed E-state index contributed by atoms with van der Waals surface area (Å²) in [7, 11) is -2.21. The number of sulfonamides is 1. The van der Waals surface area contributed by atoms with Crippen LogP contribution in [0.3, 0.4) is 0 Å². The third-order valence-electron chi connectivity index (χ3n) is 2.95. The van der Waals surface area contributed by atoms with E-state index in [0.717, 1.165) is 0 Å². The summed E-state index contributed by atoms with van der Waals surface area (Å²) in [5, 5.41) is 17.9. The molecule has 1 unspecified atom stereocenters. The molecule has 1 rings (SSSR count). The number of nitrogens with zero attached hydrogens (tertiary/aromatic N) is 3. The molecule has 0 aromatic carbocycles. The highest BCUT2D eigenvalue weighted by Crippen LogP contribution is 2.22. The molecule has 1 aromatic heterocycles. The molecule has 1 atom stereocenters. The third-order valence-corrected chi connectivity index (χ3v) is 5.19. The number of aromatic amines is 1. The number of aryl methyl sites for hydroxylation is 2. The normalized spacial score (nSPS) is 14.9. The third kappa shape index (κ3) is 3.04. The smallest absolute Gasteiger partial charge is 0.246 e. The summed E-state index contributed by atoms with van der Waals surface area (Å²) >= 11 is 0. The van der Waals surface area contributed by atoms with Crippen molar-refractivity contribution in [2.45, 2.75) is 38.1 Å². The van der Waals surface area contributed by atoms with Crippen LogP contribution in [0, 0.1) is 13.8 Å². The zero-order valence-corrected chi connectivity index (χ0v) is 12.2. The number of oxime groups is 1. The predicted molar refractivity (Wildman–Crippen MR) is 70.5 cm³/mol. The van der Waals surface area contributed by atoms with Gasteiger partial charge in [0.05, 0.1) is 11.4 Å². The number of nitrogens with two attached hydrogens (primary N) is 1. The van der Waals surface area contributed by atoms with Crippen molar-refractivity contribution < 1.29 is 13.6 Å². The molecule has 0 aliphatic carbocycles. The second-order valence-electron chi connectivity index (χ2n) is 4.43. The highest BCUT2D eigenvalue weighted by molar-refractivity contribution is 7.89. The topological polar surface area (TPSA) is 125 Å². The van der Waals surface area contributed by atoms with Crippen LogP contribution in [0.25, 0.3) is 0 Å². The van der Waals surface area contributed by atoms with E-state index in [2.05, 4.69) is 15.4 Å². The molecule has 0 spiro atoms. The van der Waals surface area contributed by atoms with E-state index >= 15 is 0 Å². The Morgan fingerprint density at radius 2 is 2.16 bits per heavy atom. The molecule has 0 saturated carbocycles. The van der Waals surface area contributed by atoms with Gasteiger partial charge in [-0.2, -0.15) is 9.40 Å². The first-order valence-electron chi connectivity index (χ1n) is 5.67. The average Bonchev–Trinajstić information content (AvgIpc) is 2.68. The Hall–Kier alpha value is -1.61. The summed E-state index contributed by atoms with van der Waals surface area (Å²) in [6.07, 6.45) is 0.141. The van der Waals surface area contributed by atoms with Crippen LogP contribution in [0.2, 0.25) is 0 Å². The molecule has 1 aromatic rings. The van der Waals surface area contributed by atoms with Crippen molar-refractivity contribution in [2.24, 2.45) is 10.9 Å². The van der Waals surface area contributed by atoms with Crippen molar-refractivity contribution in [2.75, 3.05) is 7.05 Å². The molecule has 19 heavy (non-hydrogen) atoms. The van der Waals surface area contributed by atoms with Gasteiger partial charge in [0.25, 0.3) is 0 Å². The van der Waals surface area contributed by atoms with Gasteiger partial charge in [0.1, 0.15) is 10.7 Å². The van der Waals surface area contributed by atoms with E-state index in [-0.39, 0.29) is 17.2 Å². The van der Waals surface area contributed by atoms with E-state index in [9.17, 15) is 8.42 Å². The van der Waals surface area contributed by atoms with Gasteiger partial charge in [-0.05, 0) is 20.8 Å². The molecule has 108 valence electrons. The lowest BCUT2D eigenvalue weighted by Crippen LogP contribution is -2.38. The maximum atomic E-state index is 12.5. The van der Waals surface area contributed by atoms with E-state index in [1.54, 1.807) is 20.8 Å². The Kier molecular flexibility index (Phi) is 4.53. The van der Waals surface area contributed by atoms with Crippen LogP contribution in [0.4, 0.5) is 0 Å². The molecule has 1 heterocycles. The van der Waals surface area contributed by atoms with Gasteiger partial charge < -0.3 is 10.9 Å². The molecule has 8 nitrogen and oxygen atoms in total. The van der Waals surface area contributed by atoms with E-state index in [1.807, 2.05) is 0 Å². The maximum absolute atomic E-state index is 12.5. The first kappa shape index (κ1) is 15.4. The predicted octanol–water partition coefficient (Wildman–Crippen LogP) is 0.172. The minimum atomic E-state index is -3.66. The van der Waals surface area contributed by atoms with Crippen LogP contribution < -0.4 is 5.73 Å². The minimum Gasteiger partial charge on any atom is -0.409 e. The van der Waals surface area contributed by atoms with E-state index in [4.69, 9.17) is 10.9 Å². The van der Waals surface area contributed by atoms with Crippen LogP contribution in [0.15, 0.2) is 10.1 Å². The van der Waals surface area contributed by atoms with Crippen LogP contribution >= 0.6 is 0 Å². The van der Waals surface area contributed by atoms with Gasteiger partial charge in [-0.3, -0.25) is 5.10 Å². The molecule has 0 radical (unpaired) electrons. The number of nitrogens with one attached hydrogen (secondary N) is 1. The van der Waals surface area contributed by atoms with Crippen molar-refractivity contribution in [3.8, 4) is 0 Å². The van der Waals surface area contributed by atoms with E-state index in [1.165, 1.54) is 11.4 Å². The highest BCUT2D eigenvalue weighted by atomic mass is 32.2. The van der Waals surface area contributed by atoms with Crippen molar-refractivity contribution >= 4 is 15.9 Å². The summed E-state index contributed by atoms with van der Waals surface area (Å²) in [5.74, 6) is -0.0183. The number of H-pyrrole nitrogens is 1. The van der Waals surface area contributed by atoms with Crippen LogP contribution in [-0.2, 0) is 10.0 Å². The van der Waals surface area contributed by atoms with E-state index < -0.39 is 16.1 Å². The molecule has 4 N–H and O–H groups in total. The number of hydrogen-bond acceptors (Lipinski definition) is 5. The second-order valence-corrected chi connectivity index (χ2v) is 6.36. The Bertz CT molecular complexity index is 558. The average molecular weight is 289 g/mol. The first-order valence-corrected chi connectivity index (χ1v) is 7.11. The van der Waals surface area contributed by atoms with Gasteiger partial charge in [-0.15, -0.1) is 0 Å².